The number of ether oxygens (including phenoxy) is 1. The van der Waals surface area contributed by atoms with Crippen molar-refractivity contribution in [2.45, 2.75) is 6.92 Å². The number of hydrogen-bond donors (Lipinski definition) is 1. The zero-order valence-electron chi connectivity index (χ0n) is 10.6. The number of nitro benzene ring substituents is 1. The molecule has 18 heavy (non-hydrogen) atoms. The predicted octanol–water partition coefficient (Wildman–Crippen LogP) is 1.35. The highest BCUT2D eigenvalue weighted by Gasteiger charge is 2.18. The van der Waals surface area contributed by atoms with Gasteiger partial charge >= 0.3 is 0 Å². The summed E-state index contributed by atoms with van der Waals surface area (Å²) in [6.07, 6.45) is 0. The molecule has 0 heterocycles. The quantitative estimate of drug-likeness (QED) is 0.587. The molecule has 0 aliphatic heterocycles. The van der Waals surface area contributed by atoms with E-state index in [-0.39, 0.29) is 12.3 Å². The van der Waals surface area contributed by atoms with Gasteiger partial charge < -0.3 is 14.7 Å². The van der Waals surface area contributed by atoms with Gasteiger partial charge in [-0.3, -0.25) is 10.1 Å². The van der Waals surface area contributed by atoms with Crippen molar-refractivity contribution < 1.29 is 14.8 Å². The molecule has 0 amide bonds. The van der Waals surface area contributed by atoms with Gasteiger partial charge in [0.2, 0.25) is 0 Å². The van der Waals surface area contributed by atoms with Gasteiger partial charge in [0.1, 0.15) is 5.69 Å². The fourth-order valence-electron chi connectivity index (χ4n) is 1.72. The van der Waals surface area contributed by atoms with Gasteiger partial charge in [-0.1, -0.05) is 6.07 Å². The van der Waals surface area contributed by atoms with Crippen LogP contribution in [0.4, 0.5) is 11.4 Å². The molecule has 0 aliphatic carbocycles. The van der Waals surface area contributed by atoms with Gasteiger partial charge in [-0.2, -0.15) is 0 Å². The Bertz CT molecular complexity index is 409. The fraction of sp³-hybridized carbons (Fsp3) is 0.500. The van der Waals surface area contributed by atoms with Crippen LogP contribution in [0.5, 0.6) is 0 Å². The largest absolute Gasteiger partial charge is 0.395 e. The van der Waals surface area contributed by atoms with Crippen LogP contribution in [0.3, 0.4) is 0 Å². The summed E-state index contributed by atoms with van der Waals surface area (Å²) in [5.74, 6) is 0. The third-order valence-electron chi connectivity index (χ3n) is 2.60. The number of aliphatic hydroxyl groups excluding tert-OH is 1. The molecule has 100 valence electrons. The van der Waals surface area contributed by atoms with Gasteiger partial charge in [0.05, 0.1) is 18.1 Å². The standard InChI is InChI=1S/C12H18N2O4/c1-10-3-4-11(14(16)17)12(9-10)13(5-7-15)6-8-18-2/h3-4,9,15H,5-8H2,1-2H3. The number of aryl methyl sites for hydroxylation is 1. The van der Waals surface area contributed by atoms with Crippen LogP contribution in [0.1, 0.15) is 5.56 Å². The molecule has 6 heteroatoms. The second-order valence-corrected chi connectivity index (χ2v) is 3.95. The van der Waals surface area contributed by atoms with Crippen LogP contribution in [0, 0.1) is 17.0 Å². The zero-order chi connectivity index (χ0) is 13.5. The predicted molar refractivity (Wildman–Crippen MR) is 69.0 cm³/mol. The van der Waals surface area contributed by atoms with Crippen LogP contribution >= 0.6 is 0 Å². The molecule has 0 aromatic heterocycles. The lowest BCUT2D eigenvalue weighted by Gasteiger charge is -2.23. The van der Waals surface area contributed by atoms with Crippen molar-refractivity contribution in [2.24, 2.45) is 0 Å². The van der Waals surface area contributed by atoms with Gasteiger partial charge in [-0.15, -0.1) is 0 Å². The van der Waals surface area contributed by atoms with E-state index in [4.69, 9.17) is 9.84 Å². The monoisotopic (exact) mass is 254 g/mol. The van der Waals surface area contributed by atoms with Crippen molar-refractivity contribution in [1.29, 1.82) is 0 Å². The van der Waals surface area contributed by atoms with E-state index >= 15 is 0 Å². The molecule has 0 atom stereocenters. The molecular weight excluding hydrogens is 236 g/mol. The highest BCUT2D eigenvalue weighted by Crippen LogP contribution is 2.28. The van der Waals surface area contributed by atoms with Gasteiger partial charge in [0, 0.05) is 26.3 Å². The summed E-state index contributed by atoms with van der Waals surface area (Å²) >= 11 is 0. The number of rotatable bonds is 7. The number of nitro groups is 1. The smallest absolute Gasteiger partial charge is 0.292 e. The molecule has 0 saturated heterocycles. The van der Waals surface area contributed by atoms with E-state index in [2.05, 4.69) is 0 Å². The maximum Gasteiger partial charge on any atom is 0.292 e. The van der Waals surface area contributed by atoms with Crippen molar-refractivity contribution in [3.8, 4) is 0 Å². The Labute approximate surface area is 106 Å². The molecule has 1 rings (SSSR count). The van der Waals surface area contributed by atoms with Crippen molar-refractivity contribution in [1.82, 2.24) is 0 Å². The van der Waals surface area contributed by atoms with Crippen LogP contribution in [0.2, 0.25) is 0 Å². The lowest BCUT2D eigenvalue weighted by molar-refractivity contribution is -0.384. The molecule has 1 aromatic rings. The van der Waals surface area contributed by atoms with Crippen molar-refractivity contribution in [3.63, 3.8) is 0 Å². The summed E-state index contributed by atoms with van der Waals surface area (Å²) in [4.78, 5) is 12.3. The Hall–Kier alpha value is -1.66. The molecule has 6 nitrogen and oxygen atoms in total. The Kier molecular flexibility index (Phi) is 5.54. The minimum Gasteiger partial charge on any atom is -0.395 e. The Morgan fingerprint density at radius 1 is 1.44 bits per heavy atom. The maximum atomic E-state index is 11.0. The lowest BCUT2D eigenvalue weighted by atomic mass is 10.1. The van der Waals surface area contributed by atoms with Crippen molar-refractivity contribution >= 4 is 11.4 Å². The first-order valence-corrected chi connectivity index (χ1v) is 5.70. The number of hydrogen-bond acceptors (Lipinski definition) is 5. The van der Waals surface area contributed by atoms with Crippen LogP contribution in [0.15, 0.2) is 18.2 Å². The molecule has 0 aliphatic rings. The Morgan fingerprint density at radius 3 is 2.72 bits per heavy atom. The molecule has 1 N–H and O–H groups in total. The molecule has 0 bridgehead atoms. The summed E-state index contributed by atoms with van der Waals surface area (Å²) in [7, 11) is 1.57. The Balaban J connectivity index is 3.07. The molecule has 1 aromatic carbocycles. The zero-order valence-corrected chi connectivity index (χ0v) is 10.6. The molecule has 0 saturated carbocycles. The average Bonchev–Trinajstić information content (AvgIpc) is 2.34. The first-order valence-electron chi connectivity index (χ1n) is 5.70. The highest BCUT2D eigenvalue weighted by molar-refractivity contribution is 5.64. The first-order chi connectivity index (χ1) is 8.60. The summed E-state index contributed by atoms with van der Waals surface area (Å²) in [6, 6.07) is 4.94. The Morgan fingerprint density at radius 2 is 2.17 bits per heavy atom. The SMILES string of the molecule is COCCN(CCO)c1cc(C)ccc1[N+](=O)[O-]. The van der Waals surface area contributed by atoms with Crippen LogP contribution in [-0.4, -0.2) is 43.4 Å². The second-order valence-electron chi connectivity index (χ2n) is 3.95. The van der Waals surface area contributed by atoms with Gasteiger partial charge in [-0.05, 0) is 18.6 Å². The van der Waals surface area contributed by atoms with Crippen molar-refractivity contribution in [2.75, 3.05) is 38.3 Å². The maximum absolute atomic E-state index is 11.0. The molecule has 0 fully saturated rings. The minimum absolute atomic E-state index is 0.0464. The van der Waals surface area contributed by atoms with Crippen LogP contribution in [0.25, 0.3) is 0 Å². The fourth-order valence-corrected chi connectivity index (χ4v) is 1.72. The summed E-state index contributed by atoms with van der Waals surface area (Å²) in [5.41, 5.74) is 1.51. The van der Waals surface area contributed by atoms with Gasteiger partial charge in [0.25, 0.3) is 5.69 Å². The number of aliphatic hydroxyl groups is 1. The first kappa shape index (κ1) is 14.4. The molecular formula is C12H18N2O4. The number of anilines is 1. The molecule has 0 spiro atoms. The van der Waals surface area contributed by atoms with E-state index in [1.54, 1.807) is 24.1 Å². The average molecular weight is 254 g/mol. The van der Waals surface area contributed by atoms with E-state index in [9.17, 15) is 10.1 Å². The summed E-state index contributed by atoms with van der Waals surface area (Å²) in [5, 5.41) is 20.0. The van der Waals surface area contributed by atoms with E-state index in [0.717, 1.165) is 5.56 Å². The topological polar surface area (TPSA) is 75.8 Å². The normalized spacial score (nSPS) is 10.4. The minimum atomic E-state index is -0.411. The summed E-state index contributed by atoms with van der Waals surface area (Å²) < 4.78 is 4.98. The third-order valence-corrected chi connectivity index (χ3v) is 2.60. The molecule has 0 radical (unpaired) electrons. The third kappa shape index (κ3) is 3.68. The lowest BCUT2D eigenvalue weighted by Crippen LogP contribution is -2.30. The van der Waals surface area contributed by atoms with Crippen molar-refractivity contribution in [3.05, 3.63) is 33.9 Å². The van der Waals surface area contributed by atoms with Crippen LogP contribution < -0.4 is 4.90 Å². The van der Waals surface area contributed by atoms with E-state index in [1.807, 2.05) is 6.92 Å². The number of methoxy groups -OCH3 is 1. The van der Waals surface area contributed by atoms with Crippen LogP contribution in [-0.2, 0) is 4.74 Å². The summed E-state index contributed by atoms with van der Waals surface area (Å²) in [6.45, 7) is 3.11. The highest BCUT2D eigenvalue weighted by atomic mass is 16.6. The van der Waals surface area contributed by atoms with E-state index in [1.165, 1.54) is 6.07 Å². The second kappa shape index (κ2) is 6.93. The number of benzene rings is 1. The van der Waals surface area contributed by atoms with Gasteiger partial charge in [-0.25, -0.2) is 0 Å². The van der Waals surface area contributed by atoms with E-state index in [0.29, 0.717) is 25.4 Å². The number of nitrogens with zero attached hydrogens (tertiary/aromatic N) is 2. The van der Waals surface area contributed by atoms with Gasteiger partial charge in [0.15, 0.2) is 0 Å². The molecule has 0 unspecified atom stereocenters. The van der Waals surface area contributed by atoms with E-state index < -0.39 is 4.92 Å².